The zero-order valence-electron chi connectivity index (χ0n) is 12.0. The summed E-state index contributed by atoms with van der Waals surface area (Å²) in [5.74, 6) is 0.0817. The first-order valence-corrected chi connectivity index (χ1v) is 7.74. The number of carboxylic acids is 1. The normalized spacial score (nSPS) is 25.9. The molecule has 0 aromatic heterocycles. The van der Waals surface area contributed by atoms with E-state index >= 15 is 0 Å². The predicted molar refractivity (Wildman–Crippen MR) is 73.5 cm³/mol. The van der Waals surface area contributed by atoms with Crippen LogP contribution in [0.2, 0.25) is 0 Å². The minimum absolute atomic E-state index is 0.0420. The fourth-order valence-electron chi connectivity index (χ4n) is 4.50. The Balaban J connectivity index is 2.24. The van der Waals surface area contributed by atoms with Crippen LogP contribution in [0.4, 0.5) is 0 Å². The molecule has 0 amide bonds. The Bertz CT molecular complexity index is 294. The molecule has 0 radical (unpaired) electrons. The van der Waals surface area contributed by atoms with Gasteiger partial charge < -0.3 is 5.11 Å². The molecule has 0 saturated heterocycles. The molecule has 2 fully saturated rings. The second kappa shape index (κ2) is 5.22. The number of carboxylic acid groups (broad SMARTS) is 1. The van der Waals surface area contributed by atoms with E-state index < -0.39 is 11.4 Å². The van der Waals surface area contributed by atoms with Crippen LogP contribution < -0.4 is 0 Å². The van der Waals surface area contributed by atoms with Gasteiger partial charge in [-0.15, -0.1) is 0 Å². The highest BCUT2D eigenvalue weighted by molar-refractivity contribution is 5.76. The summed E-state index contributed by atoms with van der Waals surface area (Å²) in [5, 5.41) is 9.86. The van der Waals surface area contributed by atoms with Crippen LogP contribution in [-0.4, -0.2) is 11.1 Å². The third kappa shape index (κ3) is 2.19. The summed E-state index contributed by atoms with van der Waals surface area (Å²) in [7, 11) is 0. The minimum Gasteiger partial charge on any atom is -0.481 e. The summed E-state index contributed by atoms with van der Waals surface area (Å²) < 4.78 is 0. The molecule has 2 rings (SSSR count). The summed E-state index contributed by atoms with van der Waals surface area (Å²) in [6, 6.07) is 0. The maximum absolute atomic E-state index is 12.0. The SMILES string of the molecule is CC(C)(C1CCCCC1)C1(C(=O)O)CCCCC1. The molecule has 0 aliphatic heterocycles. The molecule has 0 aromatic carbocycles. The van der Waals surface area contributed by atoms with Gasteiger partial charge in [0.05, 0.1) is 5.41 Å². The maximum atomic E-state index is 12.0. The second-order valence-corrected chi connectivity index (χ2v) is 7.00. The van der Waals surface area contributed by atoms with Crippen molar-refractivity contribution in [1.29, 1.82) is 0 Å². The van der Waals surface area contributed by atoms with E-state index in [0.717, 1.165) is 25.7 Å². The first kappa shape index (κ1) is 13.9. The Kier molecular flexibility index (Phi) is 4.03. The van der Waals surface area contributed by atoms with Gasteiger partial charge >= 0.3 is 5.97 Å². The quantitative estimate of drug-likeness (QED) is 0.795. The van der Waals surface area contributed by atoms with Crippen LogP contribution in [-0.2, 0) is 4.79 Å². The second-order valence-electron chi connectivity index (χ2n) is 7.00. The molecule has 2 heteroatoms. The molecule has 18 heavy (non-hydrogen) atoms. The van der Waals surface area contributed by atoms with Gasteiger partial charge in [0.1, 0.15) is 0 Å². The summed E-state index contributed by atoms with van der Waals surface area (Å²) in [5.41, 5.74) is -0.493. The van der Waals surface area contributed by atoms with Crippen LogP contribution in [0.15, 0.2) is 0 Å². The Morgan fingerprint density at radius 3 is 2.00 bits per heavy atom. The third-order valence-electron chi connectivity index (χ3n) is 5.98. The molecule has 0 heterocycles. The van der Waals surface area contributed by atoms with Crippen LogP contribution in [0.5, 0.6) is 0 Å². The maximum Gasteiger partial charge on any atom is 0.310 e. The molecule has 2 aliphatic carbocycles. The number of aliphatic carboxylic acids is 1. The first-order chi connectivity index (χ1) is 8.51. The summed E-state index contributed by atoms with van der Waals surface area (Å²) >= 11 is 0. The average molecular weight is 252 g/mol. The van der Waals surface area contributed by atoms with Crippen molar-refractivity contribution in [3.05, 3.63) is 0 Å². The Hall–Kier alpha value is -0.530. The van der Waals surface area contributed by atoms with Crippen LogP contribution >= 0.6 is 0 Å². The molecule has 2 aliphatic rings. The van der Waals surface area contributed by atoms with Gasteiger partial charge in [0.15, 0.2) is 0 Å². The fraction of sp³-hybridized carbons (Fsp3) is 0.938. The highest BCUT2D eigenvalue weighted by atomic mass is 16.4. The molecule has 0 atom stereocenters. The van der Waals surface area contributed by atoms with Gasteiger partial charge in [-0.1, -0.05) is 52.4 Å². The van der Waals surface area contributed by atoms with E-state index in [0.29, 0.717) is 5.92 Å². The zero-order chi connectivity index (χ0) is 13.2. The van der Waals surface area contributed by atoms with E-state index in [4.69, 9.17) is 0 Å². The molecule has 1 N–H and O–H groups in total. The Labute approximate surface area is 111 Å². The number of hydrogen-bond acceptors (Lipinski definition) is 1. The fourth-order valence-corrected chi connectivity index (χ4v) is 4.50. The minimum atomic E-state index is -0.530. The van der Waals surface area contributed by atoms with Crippen molar-refractivity contribution in [2.45, 2.75) is 78.1 Å². The molecule has 0 unspecified atom stereocenters. The van der Waals surface area contributed by atoms with Crippen molar-refractivity contribution in [1.82, 2.24) is 0 Å². The largest absolute Gasteiger partial charge is 0.481 e. The Morgan fingerprint density at radius 2 is 1.50 bits per heavy atom. The molecule has 0 spiro atoms. The first-order valence-electron chi connectivity index (χ1n) is 7.74. The number of rotatable bonds is 3. The topological polar surface area (TPSA) is 37.3 Å². The van der Waals surface area contributed by atoms with E-state index in [1.54, 1.807) is 0 Å². The van der Waals surface area contributed by atoms with Gasteiger partial charge in [-0.2, -0.15) is 0 Å². The Morgan fingerprint density at radius 1 is 1.00 bits per heavy atom. The van der Waals surface area contributed by atoms with Crippen molar-refractivity contribution < 1.29 is 9.90 Å². The van der Waals surface area contributed by atoms with Gasteiger partial charge in [-0.25, -0.2) is 0 Å². The van der Waals surface area contributed by atoms with E-state index in [1.807, 2.05) is 0 Å². The third-order valence-corrected chi connectivity index (χ3v) is 5.98. The molecule has 0 aromatic rings. The van der Waals surface area contributed by atoms with E-state index in [2.05, 4.69) is 13.8 Å². The molecular formula is C16H28O2. The van der Waals surface area contributed by atoms with Gasteiger partial charge in [-0.05, 0) is 37.0 Å². The summed E-state index contributed by atoms with van der Waals surface area (Å²) in [6.07, 6.45) is 11.6. The highest BCUT2D eigenvalue weighted by Gasteiger charge is 2.54. The highest BCUT2D eigenvalue weighted by Crippen LogP contribution is 2.56. The number of hydrogen-bond donors (Lipinski definition) is 1. The lowest BCUT2D eigenvalue weighted by Gasteiger charge is -2.51. The van der Waals surface area contributed by atoms with Crippen molar-refractivity contribution in [3.8, 4) is 0 Å². The summed E-state index contributed by atoms with van der Waals surface area (Å²) in [4.78, 5) is 12.0. The average Bonchev–Trinajstić information content (AvgIpc) is 2.40. The van der Waals surface area contributed by atoms with Crippen LogP contribution in [0.25, 0.3) is 0 Å². The van der Waals surface area contributed by atoms with Crippen molar-refractivity contribution in [2.75, 3.05) is 0 Å². The van der Waals surface area contributed by atoms with Crippen LogP contribution in [0.1, 0.15) is 78.1 Å². The van der Waals surface area contributed by atoms with Crippen LogP contribution in [0.3, 0.4) is 0 Å². The lowest BCUT2D eigenvalue weighted by Crippen LogP contribution is -2.50. The van der Waals surface area contributed by atoms with E-state index in [-0.39, 0.29) is 5.41 Å². The molecule has 2 nitrogen and oxygen atoms in total. The zero-order valence-corrected chi connectivity index (χ0v) is 12.0. The molecule has 104 valence electrons. The van der Waals surface area contributed by atoms with E-state index in [1.165, 1.54) is 38.5 Å². The summed E-state index contributed by atoms with van der Waals surface area (Å²) in [6.45, 7) is 4.48. The molecule has 2 saturated carbocycles. The van der Waals surface area contributed by atoms with Gasteiger partial charge in [0.2, 0.25) is 0 Å². The van der Waals surface area contributed by atoms with Crippen LogP contribution in [0, 0.1) is 16.7 Å². The van der Waals surface area contributed by atoms with Crippen molar-refractivity contribution in [3.63, 3.8) is 0 Å². The lowest BCUT2D eigenvalue weighted by molar-refractivity contribution is -0.165. The van der Waals surface area contributed by atoms with Crippen molar-refractivity contribution >= 4 is 5.97 Å². The predicted octanol–water partition coefficient (Wildman–Crippen LogP) is 4.63. The smallest absolute Gasteiger partial charge is 0.310 e. The molecular weight excluding hydrogens is 224 g/mol. The standard InChI is InChI=1S/C16H28O2/c1-15(2,13-9-5-3-6-10-13)16(14(17)18)11-7-4-8-12-16/h13H,3-12H2,1-2H3,(H,17,18). The number of carbonyl (C=O) groups is 1. The lowest BCUT2D eigenvalue weighted by atomic mass is 9.52. The van der Waals surface area contributed by atoms with Gasteiger partial charge in [0.25, 0.3) is 0 Å². The monoisotopic (exact) mass is 252 g/mol. The van der Waals surface area contributed by atoms with Crippen molar-refractivity contribution in [2.24, 2.45) is 16.7 Å². The van der Waals surface area contributed by atoms with Gasteiger partial charge in [0, 0.05) is 0 Å². The van der Waals surface area contributed by atoms with Gasteiger partial charge in [-0.3, -0.25) is 4.79 Å². The van der Waals surface area contributed by atoms with E-state index in [9.17, 15) is 9.90 Å². The molecule has 0 bridgehead atoms.